The standard InChI is InChI=1S/C18H19N3O4S/c1-2-6-25-13-8-19-10(7-12(13)22)9-21-17(23)15-11-4-3-5-14(11)26-16(15)20-18(21)24/h7-8H,2-6,9H2,1H3,(H,19,22)(H,20,24). The van der Waals surface area contributed by atoms with Gasteiger partial charge in [-0.15, -0.1) is 11.3 Å². The molecule has 0 fully saturated rings. The number of thiophene rings is 1. The average molecular weight is 373 g/mol. The number of aromatic nitrogens is 3. The average Bonchev–Trinajstić information content (AvgIpc) is 3.18. The van der Waals surface area contributed by atoms with E-state index in [4.69, 9.17) is 4.74 Å². The predicted molar refractivity (Wildman–Crippen MR) is 101 cm³/mol. The quantitative estimate of drug-likeness (QED) is 0.712. The summed E-state index contributed by atoms with van der Waals surface area (Å²) in [6.07, 6.45) is 5.16. The van der Waals surface area contributed by atoms with Gasteiger partial charge in [0.25, 0.3) is 5.56 Å². The molecule has 2 N–H and O–H groups in total. The van der Waals surface area contributed by atoms with Crippen LogP contribution in [0.5, 0.6) is 5.75 Å². The Morgan fingerprint density at radius 2 is 2.12 bits per heavy atom. The normalized spacial score (nSPS) is 13.3. The van der Waals surface area contributed by atoms with Gasteiger partial charge in [-0.05, 0) is 31.2 Å². The van der Waals surface area contributed by atoms with Gasteiger partial charge >= 0.3 is 5.69 Å². The molecule has 4 rings (SSSR count). The van der Waals surface area contributed by atoms with Gasteiger partial charge in [0, 0.05) is 22.8 Å². The van der Waals surface area contributed by atoms with Crippen LogP contribution in [-0.4, -0.2) is 21.1 Å². The number of ether oxygens (including phenoxy) is 1. The van der Waals surface area contributed by atoms with E-state index in [9.17, 15) is 14.4 Å². The lowest BCUT2D eigenvalue weighted by Gasteiger charge is -2.07. The van der Waals surface area contributed by atoms with E-state index in [0.29, 0.717) is 22.5 Å². The van der Waals surface area contributed by atoms with Crippen LogP contribution in [0.15, 0.2) is 26.6 Å². The van der Waals surface area contributed by atoms with E-state index < -0.39 is 5.69 Å². The molecule has 3 aromatic heterocycles. The number of pyridine rings is 1. The van der Waals surface area contributed by atoms with E-state index in [-0.39, 0.29) is 23.3 Å². The molecular weight excluding hydrogens is 354 g/mol. The van der Waals surface area contributed by atoms with Crippen molar-refractivity contribution in [1.82, 2.24) is 14.5 Å². The van der Waals surface area contributed by atoms with Crippen molar-refractivity contribution in [2.45, 2.75) is 39.2 Å². The second kappa shape index (κ2) is 6.60. The predicted octanol–water partition coefficient (Wildman–Crippen LogP) is 1.77. The minimum atomic E-state index is -0.463. The highest BCUT2D eigenvalue weighted by atomic mass is 32.1. The van der Waals surface area contributed by atoms with Crippen molar-refractivity contribution in [3.63, 3.8) is 0 Å². The highest BCUT2D eigenvalue weighted by molar-refractivity contribution is 7.18. The SMILES string of the molecule is CCCOc1c[nH]c(Cn2c(=O)[nH]c3sc4c(c3c2=O)CCC4)cc1=O. The third-order valence-electron chi connectivity index (χ3n) is 4.57. The first-order valence-corrected chi connectivity index (χ1v) is 9.52. The van der Waals surface area contributed by atoms with Crippen LogP contribution in [0, 0.1) is 0 Å². The zero-order chi connectivity index (χ0) is 18.3. The molecule has 1 aliphatic rings. The van der Waals surface area contributed by atoms with Gasteiger partial charge in [0.15, 0.2) is 5.75 Å². The third kappa shape index (κ3) is 2.80. The molecule has 0 atom stereocenters. The van der Waals surface area contributed by atoms with Crippen LogP contribution in [-0.2, 0) is 19.4 Å². The fraction of sp³-hybridized carbons (Fsp3) is 0.389. The first-order valence-electron chi connectivity index (χ1n) is 8.70. The summed E-state index contributed by atoms with van der Waals surface area (Å²) in [5.41, 5.74) is 0.522. The minimum absolute atomic E-state index is 0.0119. The number of fused-ring (bicyclic) bond motifs is 3. The lowest BCUT2D eigenvalue weighted by Crippen LogP contribution is -2.35. The molecule has 0 aromatic carbocycles. The number of hydrogen-bond acceptors (Lipinski definition) is 5. The fourth-order valence-electron chi connectivity index (χ4n) is 3.34. The topological polar surface area (TPSA) is 96.9 Å². The van der Waals surface area contributed by atoms with Gasteiger partial charge in [-0.25, -0.2) is 4.79 Å². The van der Waals surface area contributed by atoms with Crippen LogP contribution in [0.25, 0.3) is 10.2 Å². The van der Waals surface area contributed by atoms with E-state index >= 15 is 0 Å². The smallest absolute Gasteiger partial charge is 0.329 e. The van der Waals surface area contributed by atoms with Crippen molar-refractivity contribution in [2.75, 3.05) is 6.61 Å². The first-order chi connectivity index (χ1) is 12.6. The number of H-pyrrole nitrogens is 2. The van der Waals surface area contributed by atoms with Gasteiger partial charge < -0.3 is 9.72 Å². The highest BCUT2D eigenvalue weighted by Crippen LogP contribution is 2.33. The Hall–Kier alpha value is -2.61. The van der Waals surface area contributed by atoms with Gasteiger partial charge in [-0.2, -0.15) is 0 Å². The van der Waals surface area contributed by atoms with Crippen LogP contribution in [0.2, 0.25) is 0 Å². The fourth-order valence-corrected chi connectivity index (χ4v) is 4.61. The zero-order valence-electron chi connectivity index (χ0n) is 14.4. The molecule has 7 nitrogen and oxygen atoms in total. The van der Waals surface area contributed by atoms with Crippen molar-refractivity contribution in [1.29, 1.82) is 0 Å². The molecule has 0 bridgehead atoms. The summed E-state index contributed by atoms with van der Waals surface area (Å²) < 4.78 is 6.50. The Balaban J connectivity index is 1.74. The van der Waals surface area contributed by atoms with Crippen LogP contribution < -0.4 is 21.4 Å². The van der Waals surface area contributed by atoms with Gasteiger partial charge in [0.05, 0.1) is 18.5 Å². The van der Waals surface area contributed by atoms with Crippen molar-refractivity contribution < 1.29 is 4.74 Å². The molecule has 8 heteroatoms. The first kappa shape index (κ1) is 16.8. The Morgan fingerprint density at radius 3 is 2.88 bits per heavy atom. The van der Waals surface area contributed by atoms with Gasteiger partial charge in [0.1, 0.15) is 4.83 Å². The van der Waals surface area contributed by atoms with E-state index in [2.05, 4.69) is 9.97 Å². The van der Waals surface area contributed by atoms with E-state index in [1.54, 1.807) is 0 Å². The van der Waals surface area contributed by atoms with Crippen LogP contribution in [0.1, 0.15) is 35.9 Å². The maximum absolute atomic E-state index is 12.9. The molecule has 0 amide bonds. The highest BCUT2D eigenvalue weighted by Gasteiger charge is 2.22. The molecule has 0 radical (unpaired) electrons. The molecule has 0 unspecified atom stereocenters. The summed E-state index contributed by atoms with van der Waals surface area (Å²) >= 11 is 1.50. The van der Waals surface area contributed by atoms with Crippen molar-refractivity contribution in [3.8, 4) is 5.75 Å². The molecule has 0 aliphatic heterocycles. The van der Waals surface area contributed by atoms with Crippen LogP contribution >= 0.6 is 11.3 Å². The third-order valence-corrected chi connectivity index (χ3v) is 5.78. The molecule has 0 spiro atoms. The molecule has 0 saturated carbocycles. The second-order valence-electron chi connectivity index (χ2n) is 6.42. The summed E-state index contributed by atoms with van der Waals surface area (Å²) in [7, 11) is 0. The largest absolute Gasteiger partial charge is 0.488 e. The van der Waals surface area contributed by atoms with Crippen molar-refractivity contribution in [2.24, 2.45) is 0 Å². The zero-order valence-corrected chi connectivity index (χ0v) is 15.2. The van der Waals surface area contributed by atoms with E-state index in [1.807, 2.05) is 6.92 Å². The van der Waals surface area contributed by atoms with Gasteiger partial charge in [-0.1, -0.05) is 6.92 Å². The minimum Gasteiger partial charge on any atom is -0.488 e. The van der Waals surface area contributed by atoms with Gasteiger partial charge in [-0.3, -0.25) is 19.1 Å². The number of rotatable bonds is 5. The number of aryl methyl sites for hydroxylation is 2. The lowest BCUT2D eigenvalue weighted by molar-refractivity contribution is 0.313. The molecule has 1 aliphatic carbocycles. The van der Waals surface area contributed by atoms with Crippen molar-refractivity contribution in [3.05, 3.63) is 59.5 Å². The Kier molecular flexibility index (Phi) is 4.28. The Labute approximate surface area is 152 Å². The summed E-state index contributed by atoms with van der Waals surface area (Å²) in [6, 6.07) is 1.37. The van der Waals surface area contributed by atoms with E-state index in [0.717, 1.165) is 35.8 Å². The maximum atomic E-state index is 12.9. The van der Waals surface area contributed by atoms with Gasteiger partial charge in [0.2, 0.25) is 5.43 Å². The molecule has 3 heterocycles. The summed E-state index contributed by atoms with van der Waals surface area (Å²) in [5, 5.41) is 0.618. The summed E-state index contributed by atoms with van der Waals surface area (Å²) in [5.74, 6) is 0.239. The summed E-state index contributed by atoms with van der Waals surface area (Å²) in [6.45, 7) is 2.43. The Bertz CT molecular complexity index is 1150. The number of aromatic amines is 2. The molecule has 136 valence electrons. The molecule has 3 aromatic rings. The summed E-state index contributed by atoms with van der Waals surface area (Å²) in [4.78, 5) is 45.0. The van der Waals surface area contributed by atoms with Crippen LogP contribution in [0.3, 0.4) is 0 Å². The number of nitrogens with one attached hydrogen (secondary N) is 2. The Morgan fingerprint density at radius 1 is 1.27 bits per heavy atom. The van der Waals surface area contributed by atoms with Crippen LogP contribution in [0.4, 0.5) is 0 Å². The number of hydrogen-bond donors (Lipinski definition) is 2. The second-order valence-corrected chi connectivity index (χ2v) is 7.52. The monoisotopic (exact) mass is 373 g/mol. The molecular formula is C18H19N3O4S. The maximum Gasteiger partial charge on any atom is 0.329 e. The van der Waals surface area contributed by atoms with E-state index in [1.165, 1.54) is 28.5 Å². The number of nitrogens with zero attached hydrogens (tertiary/aromatic N) is 1. The lowest BCUT2D eigenvalue weighted by atomic mass is 10.2. The molecule has 26 heavy (non-hydrogen) atoms. The van der Waals surface area contributed by atoms with Crippen molar-refractivity contribution >= 4 is 21.6 Å². The molecule has 0 saturated heterocycles.